The van der Waals surface area contributed by atoms with Gasteiger partial charge in [-0.15, -0.1) is 0 Å². The van der Waals surface area contributed by atoms with Gasteiger partial charge in [-0.2, -0.15) is 0 Å². The number of carbonyl (C=O) groups excluding carboxylic acids is 1. The summed E-state index contributed by atoms with van der Waals surface area (Å²) in [5.74, 6) is 0.0160. The Morgan fingerprint density at radius 1 is 0.964 bits per heavy atom. The summed E-state index contributed by atoms with van der Waals surface area (Å²) in [7, 11) is 1.59. The van der Waals surface area contributed by atoms with Gasteiger partial charge in [0.2, 0.25) is 0 Å². The average Bonchev–Trinajstić information content (AvgIpc) is 2.74. The number of fused-ring (bicyclic) bond motifs is 1. The maximum absolute atomic E-state index is 13.1. The molecule has 0 atom stereocenters. The van der Waals surface area contributed by atoms with Crippen LogP contribution in [0.15, 0.2) is 78.9 Å². The molecule has 5 heteroatoms. The Hall–Kier alpha value is -3.73. The Bertz CT molecular complexity index is 1140. The predicted molar refractivity (Wildman–Crippen MR) is 108 cm³/mol. The largest absolute Gasteiger partial charge is 0.497 e. The first-order valence-corrected chi connectivity index (χ1v) is 8.75. The summed E-state index contributed by atoms with van der Waals surface area (Å²) in [6.45, 7) is 0. The number of ether oxygens (including phenoxy) is 1. The predicted octanol–water partition coefficient (Wildman–Crippen LogP) is 5.30. The summed E-state index contributed by atoms with van der Waals surface area (Å²) in [5, 5.41) is 3.53. The quantitative estimate of drug-likeness (QED) is 0.529. The zero-order chi connectivity index (χ0) is 19.5. The third-order valence-corrected chi connectivity index (χ3v) is 4.43. The third kappa shape index (κ3) is 3.55. The first kappa shape index (κ1) is 17.7. The number of methoxy groups -OCH3 is 1. The van der Waals surface area contributed by atoms with Crippen molar-refractivity contribution in [3.05, 3.63) is 90.2 Å². The van der Waals surface area contributed by atoms with Crippen LogP contribution in [-0.2, 0) is 0 Å². The number of benzene rings is 3. The van der Waals surface area contributed by atoms with E-state index in [2.05, 4.69) is 5.32 Å². The SMILES string of the molecule is COc1ccc2c(C(=O)Nc3ccc(F)cc3)cc(-c3ccccc3)nc2c1. The van der Waals surface area contributed by atoms with Crippen molar-refractivity contribution in [3.63, 3.8) is 0 Å². The molecule has 0 saturated heterocycles. The van der Waals surface area contributed by atoms with Crippen LogP contribution in [0.25, 0.3) is 22.2 Å². The first-order valence-electron chi connectivity index (χ1n) is 8.75. The normalized spacial score (nSPS) is 10.6. The Labute approximate surface area is 161 Å². The van der Waals surface area contributed by atoms with Gasteiger partial charge in [0.1, 0.15) is 11.6 Å². The average molecular weight is 372 g/mol. The van der Waals surface area contributed by atoms with E-state index in [1.165, 1.54) is 24.3 Å². The highest BCUT2D eigenvalue weighted by molar-refractivity contribution is 6.13. The number of aromatic nitrogens is 1. The second-order valence-corrected chi connectivity index (χ2v) is 6.27. The van der Waals surface area contributed by atoms with E-state index in [4.69, 9.17) is 9.72 Å². The van der Waals surface area contributed by atoms with Crippen LogP contribution in [-0.4, -0.2) is 18.0 Å². The number of hydrogen-bond acceptors (Lipinski definition) is 3. The number of amides is 1. The number of nitrogens with zero attached hydrogens (tertiary/aromatic N) is 1. The van der Waals surface area contributed by atoms with E-state index in [1.54, 1.807) is 25.3 Å². The van der Waals surface area contributed by atoms with Crippen LogP contribution in [0.4, 0.5) is 10.1 Å². The molecule has 0 unspecified atom stereocenters. The highest BCUT2D eigenvalue weighted by Gasteiger charge is 2.15. The topological polar surface area (TPSA) is 51.2 Å². The van der Waals surface area contributed by atoms with Crippen molar-refractivity contribution in [2.45, 2.75) is 0 Å². The van der Waals surface area contributed by atoms with E-state index in [9.17, 15) is 9.18 Å². The summed E-state index contributed by atoms with van der Waals surface area (Å²) in [5.41, 5.74) is 3.25. The molecule has 138 valence electrons. The number of rotatable bonds is 4. The first-order chi connectivity index (χ1) is 13.6. The molecule has 1 N–H and O–H groups in total. The van der Waals surface area contributed by atoms with Crippen LogP contribution < -0.4 is 10.1 Å². The highest BCUT2D eigenvalue weighted by atomic mass is 19.1. The molecule has 0 aliphatic heterocycles. The van der Waals surface area contributed by atoms with Gasteiger partial charge in [-0.3, -0.25) is 4.79 Å². The van der Waals surface area contributed by atoms with Crippen molar-refractivity contribution in [2.24, 2.45) is 0 Å². The lowest BCUT2D eigenvalue weighted by atomic mass is 10.0. The van der Waals surface area contributed by atoms with Crippen LogP contribution >= 0.6 is 0 Å². The second kappa shape index (κ2) is 7.48. The molecule has 4 nitrogen and oxygen atoms in total. The number of carbonyl (C=O) groups is 1. The molecule has 0 radical (unpaired) electrons. The van der Waals surface area contributed by atoms with E-state index in [1.807, 2.05) is 36.4 Å². The fourth-order valence-electron chi connectivity index (χ4n) is 3.01. The molecular weight excluding hydrogens is 355 g/mol. The molecule has 0 spiro atoms. The smallest absolute Gasteiger partial charge is 0.256 e. The minimum Gasteiger partial charge on any atom is -0.497 e. The van der Waals surface area contributed by atoms with Gasteiger partial charge in [0.25, 0.3) is 5.91 Å². The number of halogens is 1. The number of anilines is 1. The number of nitrogens with one attached hydrogen (secondary N) is 1. The Morgan fingerprint density at radius 3 is 2.43 bits per heavy atom. The Morgan fingerprint density at radius 2 is 1.71 bits per heavy atom. The molecule has 0 bridgehead atoms. The number of hydrogen-bond donors (Lipinski definition) is 1. The molecule has 0 fully saturated rings. The lowest BCUT2D eigenvalue weighted by Crippen LogP contribution is -2.13. The zero-order valence-corrected chi connectivity index (χ0v) is 15.1. The lowest BCUT2D eigenvalue weighted by molar-refractivity contribution is 0.102. The van der Waals surface area contributed by atoms with E-state index in [0.29, 0.717) is 33.6 Å². The second-order valence-electron chi connectivity index (χ2n) is 6.27. The maximum atomic E-state index is 13.1. The van der Waals surface area contributed by atoms with Crippen molar-refractivity contribution >= 4 is 22.5 Å². The maximum Gasteiger partial charge on any atom is 0.256 e. The van der Waals surface area contributed by atoms with E-state index in [0.717, 1.165) is 5.56 Å². The fourth-order valence-corrected chi connectivity index (χ4v) is 3.01. The molecule has 4 aromatic rings. The van der Waals surface area contributed by atoms with Crippen LogP contribution in [0.5, 0.6) is 5.75 Å². The lowest BCUT2D eigenvalue weighted by Gasteiger charge is -2.12. The molecule has 4 rings (SSSR count). The van der Waals surface area contributed by atoms with Gasteiger partial charge in [0, 0.05) is 22.7 Å². The molecule has 0 aliphatic rings. The van der Waals surface area contributed by atoms with Gasteiger partial charge in [0.15, 0.2) is 0 Å². The standard InChI is InChI=1S/C23H17FN2O2/c1-28-18-11-12-19-20(23(27)25-17-9-7-16(24)8-10-17)14-21(26-22(19)13-18)15-5-3-2-4-6-15/h2-14H,1H3,(H,25,27). The molecule has 28 heavy (non-hydrogen) atoms. The van der Waals surface area contributed by atoms with Gasteiger partial charge >= 0.3 is 0 Å². The Kier molecular flexibility index (Phi) is 4.72. The van der Waals surface area contributed by atoms with Gasteiger partial charge in [-0.25, -0.2) is 9.37 Å². The summed E-state index contributed by atoms with van der Waals surface area (Å²) >= 11 is 0. The van der Waals surface area contributed by atoms with Crippen LogP contribution in [0.2, 0.25) is 0 Å². The van der Waals surface area contributed by atoms with Crippen LogP contribution in [0.3, 0.4) is 0 Å². The van der Waals surface area contributed by atoms with Gasteiger partial charge < -0.3 is 10.1 Å². The number of pyridine rings is 1. The van der Waals surface area contributed by atoms with Crippen molar-refractivity contribution in [2.75, 3.05) is 12.4 Å². The summed E-state index contributed by atoms with van der Waals surface area (Å²) < 4.78 is 18.4. The molecule has 0 aliphatic carbocycles. The molecule has 0 saturated carbocycles. The minimum atomic E-state index is -0.356. The van der Waals surface area contributed by atoms with Crippen molar-refractivity contribution in [1.29, 1.82) is 0 Å². The zero-order valence-electron chi connectivity index (χ0n) is 15.1. The summed E-state index contributed by atoms with van der Waals surface area (Å²) in [6.07, 6.45) is 0. The Balaban J connectivity index is 1.83. The molecular formula is C23H17FN2O2. The van der Waals surface area contributed by atoms with Gasteiger partial charge in [-0.05, 0) is 42.5 Å². The van der Waals surface area contributed by atoms with Crippen molar-refractivity contribution in [3.8, 4) is 17.0 Å². The van der Waals surface area contributed by atoms with Gasteiger partial charge in [-0.1, -0.05) is 30.3 Å². The monoisotopic (exact) mass is 372 g/mol. The van der Waals surface area contributed by atoms with Crippen molar-refractivity contribution < 1.29 is 13.9 Å². The molecule has 3 aromatic carbocycles. The van der Waals surface area contributed by atoms with Crippen LogP contribution in [0.1, 0.15) is 10.4 Å². The van der Waals surface area contributed by atoms with E-state index in [-0.39, 0.29) is 11.7 Å². The van der Waals surface area contributed by atoms with Crippen LogP contribution in [0, 0.1) is 5.82 Å². The third-order valence-electron chi connectivity index (χ3n) is 4.43. The molecule has 1 aromatic heterocycles. The summed E-state index contributed by atoms with van der Waals surface area (Å²) in [6, 6.07) is 22.5. The van der Waals surface area contributed by atoms with Crippen molar-refractivity contribution in [1.82, 2.24) is 4.98 Å². The van der Waals surface area contributed by atoms with E-state index >= 15 is 0 Å². The minimum absolute atomic E-state index is 0.290. The van der Waals surface area contributed by atoms with Gasteiger partial charge in [0.05, 0.1) is 23.9 Å². The fraction of sp³-hybridized carbons (Fsp3) is 0.0435. The molecule has 1 heterocycles. The summed E-state index contributed by atoms with van der Waals surface area (Å²) in [4.78, 5) is 17.7. The molecule has 1 amide bonds. The highest BCUT2D eigenvalue weighted by Crippen LogP contribution is 2.28. The van der Waals surface area contributed by atoms with E-state index < -0.39 is 0 Å².